The normalized spacial score (nSPS) is 13.7. The molecule has 0 radical (unpaired) electrons. The standard InChI is InChI=1S/C19H25N5OS/c1-3-23(4-2)19-20-12-16(26-19)13-21-22-18(25)14-24-11-7-9-15-8-5-6-10-17(15)24/h5-6,8,10,12-13H,3-4,7,9,11,14H2,1-2H3,(H,22,25)/b21-13-. The Morgan fingerprint density at radius 1 is 1.38 bits per heavy atom. The van der Waals surface area contributed by atoms with Crippen LogP contribution in [0.2, 0.25) is 0 Å². The first-order valence-electron chi connectivity index (χ1n) is 9.06. The first-order chi connectivity index (χ1) is 12.7. The molecule has 1 amide bonds. The number of nitrogens with zero attached hydrogens (tertiary/aromatic N) is 4. The maximum Gasteiger partial charge on any atom is 0.259 e. The quantitative estimate of drug-likeness (QED) is 0.600. The van der Waals surface area contributed by atoms with E-state index in [0.717, 1.165) is 48.2 Å². The number of nitrogens with one attached hydrogen (secondary N) is 1. The minimum Gasteiger partial charge on any atom is -0.362 e. The topological polar surface area (TPSA) is 60.8 Å². The number of thiazole rings is 1. The van der Waals surface area contributed by atoms with Crippen molar-refractivity contribution >= 4 is 34.3 Å². The van der Waals surface area contributed by atoms with E-state index in [1.54, 1.807) is 23.7 Å². The van der Waals surface area contributed by atoms with Crippen LogP contribution >= 0.6 is 11.3 Å². The molecule has 3 rings (SSSR count). The van der Waals surface area contributed by atoms with Crippen molar-refractivity contribution in [3.05, 3.63) is 40.9 Å². The number of rotatable bonds is 7. The summed E-state index contributed by atoms with van der Waals surface area (Å²) >= 11 is 1.57. The van der Waals surface area contributed by atoms with Gasteiger partial charge in [0.25, 0.3) is 5.91 Å². The van der Waals surface area contributed by atoms with Gasteiger partial charge in [0.1, 0.15) is 0 Å². The summed E-state index contributed by atoms with van der Waals surface area (Å²) in [5, 5.41) is 5.07. The Kier molecular flexibility index (Phi) is 6.22. The van der Waals surface area contributed by atoms with E-state index in [9.17, 15) is 4.79 Å². The Hall–Kier alpha value is -2.41. The van der Waals surface area contributed by atoms with E-state index in [2.05, 4.69) is 51.3 Å². The maximum atomic E-state index is 12.2. The van der Waals surface area contributed by atoms with Gasteiger partial charge in [-0.25, -0.2) is 10.4 Å². The van der Waals surface area contributed by atoms with Crippen molar-refractivity contribution in [2.24, 2.45) is 5.10 Å². The highest BCUT2D eigenvalue weighted by atomic mass is 32.1. The molecule has 1 aromatic heterocycles. The predicted molar refractivity (Wildman–Crippen MR) is 108 cm³/mol. The number of fused-ring (bicyclic) bond motifs is 1. The molecule has 2 heterocycles. The molecule has 1 aliphatic rings. The second-order valence-corrected chi connectivity index (χ2v) is 7.21. The highest BCUT2D eigenvalue weighted by Gasteiger charge is 2.18. The maximum absolute atomic E-state index is 12.2. The van der Waals surface area contributed by atoms with Crippen LogP contribution in [-0.2, 0) is 11.2 Å². The number of aromatic nitrogens is 1. The third-order valence-corrected chi connectivity index (χ3v) is 5.46. The summed E-state index contributed by atoms with van der Waals surface area (Å²) in [6.45, 7) is 7.29. The molecule has 1 aromatic carbocycles. The predicted octanol–water partition coefficient (Wildman–Crippen LogP) is 2.89. The van der Waals surface area contributed by atoms with Gasteiger partial charge in [0, 0.05) is 31.5 Å². The highest BCUT2D eigenvalue weighted by molar-refractivity contribution is 7.17. The molecule has 0 saturated heterocycles. The van der Waals surface area contributed by atoms with Crippen LogP contribution in [0.3, 0.4) is 0 Å². The summed E-state index contributed by atoms with van der Waals surface area (Å²) in [6, 6.07) is 8.28. The summed E-state index contributed by atoms with van der Waals surface area (Å²) in [5.41, 5.74) is 5.10. The lowest BCUT2D eigenvalue weighted by Gasteiger charge is -2.30. The van der Waals surface area contributed by atoms with Gasteiger partial charge < -0.3 is 9.80 Å². The molecule has 1 aliphatic heterocycles. The fraction of sp³-hybridized carbons (Fsp3) is 0.421. The van der Waals surface area contributed by atoms with Crippen molar-refractivity contribution in [1.82, 2.24) is 10.4 Å². The van der Waals surface area contributed by atoms with Crippen LogP contribution in [0.25, 0.3) is 0 Å². The Labute approximate surface area is 158 Å². The number of carbonyl (C=O) groups is 1. The first kappa shape index (κ1) is 18.4. The lowest BCUT2D eigenvalue weighted by molar-refractivity contribution is -0.119. The van der Waals surface area contributed by atoms with Crippen LogP contribution in [-0.4, -0.2) is 43.3 Å². The molecule has 0 atom stereocenters. The molecule has 2 aromatic rings. The van der Waals surface area contributed by atoms with Gasteiger partial charge in [0.2, 0.25) is 0 Å². The molecule has 1 N–H and O–H groups in total. The van der Waals surface area contributed by atoms with E-state index in [0.29, 0.717) is 6.54 Å². The summed E-state index contributed by atoms with van der Waals surface area (Å²) in [7, 11) is 0. The van der Waals surface area contributed by atoms with Crippen molar-refractivity contribution in [3.63, 3.8) is 0 Å². The third kappa shape index (κ3) is 4.40. The summed E-state index contributed by atoms with van der Waals surface area (Å²) in [4.78, 5) is 21.9. The van der Waals surface area contributed by atoms with Crippen LogP contribution in [0.15, 0.2) is 35.6 Å². The minimum atomic E-state index is -0.105. The fourth-order valence-electron chi connectivity index (χ4n) is 3.13. The molecular formula is C19H25N5OS. The zero-order valence-corrected chi connectivity index (χ0v) is 16.1. The van der Waals surface area contributed by atoms with Crippen LogP contribution < -0.4 is 15.2 Å². The number of amides is 1. The Bertz CT molecular complexity index is 769. The third-order valence-electron chi connectivity index (χ3n) is 4.47. The van der Waals surface area contributed by atoms with Crippen LogP contribution in [0.1, 0.15) is 30.7 Å². The van der Waals surface area contributed by atoms with Crippen LogP contribution in [0, 0.1) is 0 Å². The van der Waals surface area contributed by atoms with E-state index in [1.807, 2.05) is 12.1 Å². The molecule has 138 valence electrons. The fourth-order valence-corrected chi connectivity index (χ4v) is 4.04. The van der Waals surface area contributed by atoms with E-state index in [-0.39, 0.29) is 5.91 Å². The zero-order chi connectivity index (χ0) is 18.4. The Morgan fingerprint density at radius 2 is 2.19 bits per heavy atom. The van der Waals surface area contributed by atoms with Crippen LogP contribution in [0.4, 0.5) is 10.8 Å². The largest absolute Gasteiger partial charge is 0.362 e. The van der Waals surface area contributed by atoms with E-state index in [4.69, 9.17) is 0 Å². The van der Waals surface area contributed by atoms with Crippen molar-refractivity contribution in [3.8, 4) is 0 Å². The van der Waals surface area contributed by atoms with Crippen molar-refractivity contribution in [2.45, 2.75) is 26.7 Å². The number of hydrazone groups is 1. The molecule has 7 heteroatoms. The monoisotopic (exact) mass is 371 g/mol. The molecule has 0 aliphatic carbocycles. The van der Waals surface area contributed by atoms with Gasteiger partial charge in [-0.15, -0.1) is 0 Å². The SMILES string of the molecule is CCN(CC)c1ncc(/C=N\NC(=O)CN2CCCc3ccccc32)s1. The number of hydrogen-bond acceptors (Lipinski definition) is 6. The number of hydrogen-bond donors (Lipinski definition) is 1. The van der Waals surface area contributed by atoms with Gasteiger partial charge in [0.05, 0.1) is 17.6 Å². The average molecular weight is 372 g/mol. The minimum absolute atomic E-state index is 0.105. The Morgan fingerprint density at radius 3 is 3.00 bits per heavy atom. The van der Waals surface area contributed by atoms with Gasteiger partial charge >= 0.3 is 0 Å². The van der Waals surface area contributed by atoms with Gasteiger partial charge in [-0.05, 0) is 38.3 Å². The average Bonchev–Trinajstić information content (AvgIpc) is 3.12. The number of para-hydroxylation sites is 1. The summed E-state index contributed by atoms with van der Waals surface area (Å²) in [6.07, 6.45) is 5.59. The number of carbonyl (C=O) groups excluding carboxylic acids is 1. The molecule has 0 fully saturated rings. The van der Waals surface area contributed by atoms with E-state index >= 15 is 0 Å². The molecule has 0 unspecified atom stereocenters. The van der Waals surface area contributed by atoms with Crippen LogP contribution in [0.5, 0.6) is 0 Å². The van der Waals surface area contributed by atoms with Gasteiger partial charge in [-0.2, -0.15) is 5.10 Å². The lowest BCUT2D eigenvalue weighted by Crippen LogP contribution is -2.38. The lowest BCUT2D eigenvalue weighted by atomic mass is 10.0. The second-order valence-electron chi connectivity index (χ2n) is 6.16. The van der Waals surface area contributed by atoms with Crippen molar-refractivity contribution < 1.29 is 4.79 Å². The molecule has 0 spiro atoms. The summed E-state index contributed by atoms with van der Waals surface area (Å²) in [5.74, 6) is -0.105. The molecule has 0 saturated carbocycles. The van der Waals surface area contributed by atoms with E-state index in [1.165, 1.54) is 5.56 Å². The van der Waals surface area contributed by atoms with Crippen molar-refractivity contribution in [2.75, 3.05) is 36.0 Å². The van der Waals surface area contributed by atoms with E-state index < -0.39 is 0 Å². The van der Waals surface area contributed by atoms with Gasteiger partial charge in [0.15, 0.2) is 5.13 Å². The second kappa shape index (κ2) is 8.80. The number of anilines is 2. The summed E-state index contributed by atoms with van der Waals surface area (Å²) < 4.78 is 0. The smallest absolute Gasteiger partial charge is 0.259 e. The molecular weight excluding hydrogens is 346 g/mol. The van der Waals surface area contributed by atoms with Gasteiger partial charge in [-0.1, -0.05) is 29.5 Å². The molecule has 0 bridgehead atoms. The number of benzene rings is 1. The van der Waals surface area contributed by atoms with Crippen molar-refractivity contribution in [1.29, 1.82) is 0 Å². The Balaban J connectivity index is 1.54. The number of aryl methyl sites for hydroxylation is 1. The molecule has 6 nitrogen and oxygen atoms in total. The molecule has 26 heavy (non-hydrogen) atoms. The highest BCUT2D eigenvalue weighted by Crippen LogP contribution is 2.26. The first-order valence-corrected chi connectivity index (χ1v) is 9.88. The zero-order valence-electron chi connectivity index (χ0n) is 15.3. The van der Waals surface area contributed by atoms with Gasteiger partial charge in [-0.3, -0.25) is 4.79 Å².